The topological polar surface area (TPSA) is 35.9 Å². The van der Waals surface area contributed by atoms with Crippen molar-refractivity contribution in [3.05, 3.63) is 35.4 Å². The van der Waals surface area contributed by atoms with E-state index in [1.165, 1.54) is 11.1 Å². The molecule has 0 amide bonds. The van der Waals surface area contributed by atoms with Crippen molar-refractivity contribution in [2.45, 2.75) is 32.9 Å². The first-order chi connectivity index (χ1) is 10.7. The summed E-state index contributed by atoms with van der Waals surface area (Å²) in [5.74, 6) is 0. The summed E-state index contributed by atoms with van der Waals surface area (Å²) in [5, 5.41) is 10.0. The Bertz CT molecular complexity index is 433. The van der Waals surface area contributed by atoms with Crippen molar-refractivity contribution in [2.24, 2.45) is 0 Å². The van der Waals surface area contributed by atoms with Crippen LogP contribution in [0, 0.1) is 6.92 Å². The molecule has 1 aliphatic heterocycles. The van der Waals surface area contributed by atoms with E-state index in [0.29, 0.717) is 0 Å². The van der Waals surface area contributed by atoms with Gasteiger partial charge in [0, 0.05) is 39.3 Å². The van der Waals surface area contributed by atoms with E-state index >= 15 is 0 Å². The molecule has 1 aromatic carbocycles. The first-order valence-electron chi connectivity index (χ1n) is 8.43. The lowest BCUT2D eigenvalue weighted by atomic mass is 10.1. The standard InChI is InChI=1S/C18H30N2O2/c1-3-18(21)15-20(8-7-19-9-11-22-12-10-19)14-17-6-4-5-16(2)13-17/h4-6,13,18,21H,3,7-12,14-15H2,1-2H3. The second-order valence-electron chi connectivity index (χ2n) is 6.24. The summed E-state index contributed by atoms with van der Waals surface area (Å²) in [4.78, 5) is 4.82. The number of aliphatic hydroxyl groups is 1. The molecule has 1 heterocycles. The quantitative estimate of drug-likeness (QED) is 0.796. The van der Waals surface area contributed by atoms with Gasteiger partial charge in [0.25, 0.3) is 0 Å². The number of aryl methyl sites for hydroxylation is 1. The van der Waals surface area contributed by atoms with Crippen LogP contribution >= 0.6 is 0 Å². The van der Waals surface area contributed by atoms with E-state index in [-0.39, 0.29) is 6.10 Å². The zero-order chi connectivity index (χ0) is 15.8. The van der Waals surface area contributed by atoms with E-state index < -0.39 is 0 Å². The third-order valence-electron chi connectivity index (χ3n) is 4.27. The molecule has 124 valence electrons. The lowest BCUT2D eigenvalue weighted by Crippen LogP contribution is -2.42. The van der Waals surface area contributed by atoms with Gasteiger partial charge in [-0.25, -0.2) is 0 Å². The summed E-state index contributed by atoms with van der Waals surface area (Å²) in [7, 11) is 0. The van der Waals surface area contributed by atoms with Crippen molar-refractivity contribution in [3.63, 3.8) is 0 Å². The van der Waals surface area contributed by atoms with Crippen molar-refractivity contribution in [2.75, 3.05) is 45.9 Å². The molecule has 0 aliphatic carbocycles. The van der Waals surface area contributed by atoms with Gasteiger partial charge in [0.15, 0.2) is 0 Å². The van der Waals surface area contributed by atoms with Crippen LogP contribution in [-0.2, 0) is 11.3 Å². The number of benzene rings is 1. The largest absolute Gasteiger partial charge is 0.392 e. The third-order valence-corrected chi connectivity index (χ3v) is 4.27. The monoisotopic (exact) mass is 306 g/mol. The van der Waals surface area contributed by atoms with Crippen LogP contribution in [0.3, 0.4) is 0 Å². The molecule has 1 unspecified atom stereocenters. The third kappa shape index (κ3) is 6.05. The Hall–Kier alpha value is -0.940. The van der Waals surface area contributed by atoms with Crippen LogP contribution < -0.4 is 0 Å². The van der Waals surface area contributed by atoms with Gasteiger partial charge in [-0.2, -0.15) is 0 Å². The SMILES string of the molecule is CCC(O)CN(CCN1CCOCC1)Cc1cccc(C)c1. The van der Waals surface area contributed by atoms with E-state index in [0.717, 1.165) is 58.9 Å². The van der Waals surface area contributed by atoms with Gasteiger partial charge in [-0.3, -0.25) is 9.80 Å². The van der Waals surface area contributed by atoms with Crippen LogP contribution in [0.25, 0.3) is 0 Å². The van der Waals surface area contributed by atoms with Crippen LogP contribution in [0.2, 0.25) is 0 Å². The Labute approximate surface area is 134 Å². The van der Waals surface area contributed by atoms with E-state index in [4.69, 9.17) is 4.74 Å². The number of ether oxygens (including phenoxy) is 1. The zero-order valence-corrected chi connectivity index (χ0v) is 14.0. The molecule has 0 radical (unpaired) electrons. The smallest absolute Gasteiger partial charge is 0.0664 e. The lowest BCUT2D eigenvalue weighted by molar-refractivity contribution is 0.0290. The highest BCUT2D eigenvalue weighted by Gasteiger charge is 2.15. The maximum Gasteiger partial charge on any atom is 0.0664 e. The average molecular weight is 306 g/mol. The number of hydrogen-bond donors (Lipinski definition) is 1. The molecule has 1 N–H and O–H groups in total. The van der Waals surface area contributed by atoms with Crippen LogP contribution in [0.15, 0.2) is 24.3 Å². The van der Waals surface area contributed by atoms with Gasteiger partial charge in [-0.1, -0.05) is 36.8 Å². The Morgan fingerprint density at radius 2 is 2.09 bits per heavy atom. The molecule has 1 saturated heterocycles. The number of nitrogens with zero attached hydrogens (tertiary/aromatic N) is 2. The molecule has 0 aromatic heterocycles. The average Bonchev–Trinajstić information content (AvgIpc) is 2.53. The molecule has 1 fully saturated rings. The first-order valence-corrected chi connectivity index (χ1v) is 8.43. The van der Waals surface area contributed by atoms with E-state index in [9.17, 15) is 5.11 Å². The van der Waals surface area contributed by atoms with Crippen molar-refractivity contribution >= 4 is 0 Å². The fraction of sp³-hybridized carbons (Fsp3) is 0.667. The lowest BCUT2D eigenvalue weighted by Gasteiger charge is -2.31. The minimum Gasteiger partial charge on any atom is -0.392 e. The highest BCUT2D eigenvalue weighted by Crippen LogP contribution is 2.09. The number of rotatable bonds is 8. The van der Waals surface area contributed by atoms with Crippen LogP contribution in [-0.4, -0.2) is 66.9 Å². The van der Waals surface area contributed by atoms with Gasteiger partial charge in [0.1, 0.15) is 0 Å². The minimum absolute atomic E-state index is 0.241. The van der Waals surface area contributed by atoms with Crippen LogP contribution in [0.4, 0.5) is 0 Å². The molecule has 2 rings (SSSR count). The zero-order valence-electron chi connectivity index (χ0n) is 14.0. The van der Waals surface area contributed by atoms with Gasteiger partial charge >= 0.3 is 0 Å². The van der Waals surface area contributed by atoms with Crippen LogP contribution in [0.1, 0.15) is 24.5 Å². The van der Waals surface area contributed by atoms with Crippen molar-refractivity contribution in [1.82, 2.24) is 9.80 Å². The predicted octanol–water partition coefficient (Wildman–Crippen LogP) is 1.90. The highest BCUT2D eigenvalue weighted by molar-refractivity contribution is 5.22. The summed E-state index contributed by atoms with van der Waals surface area (Å²) in [5.41, 5.74) is 2.62. The fourth-order valence-electron chi connectivity index (χ4n) is 2.84. The molecular weight excluding hydrogens is 276 g/mol. The van der Waals surface area contributed by atoms with E-state index in [1.54, 1.807) is 0 Å². The van der Waals surface area contributed by atoms with Gasteiger partial charge in [0.05, 0.1) is 19.3 Å². The first kappa shape index (κ1) is 17.4. The summed E-state index contributed by atoms with van der Waals surface area (Å²) >= 11 is 0. The molecule has 0 spiro atoms. The van der Waals surface area contributed by atoms with Gasteiger partial charge in [0.2, 0.25) is 0 Å². The Balaban J connectivity index is 1.89. The summed E-state index contributed by atoms with van der Waals surface area (Å²) in [6.45, 7) is 11.6. The molecule has 1 aromatic rings. The molecule has 1 aliphatic rings. The van der Waals surface area contributed by atoms with Crippen molar-refractivity contribution < 1.29 is 9.84 Å². The molecular formula is C18H30N2O2. The van der Waals surface area contributed by atoms with Crippen LogP contribution in [0.5, 0.6) is 0 Å². The molecule has 4 heteroatoms. The van der Waals surface area contributed by atoms with Gasteiger partial charge < -0.3 is 9.84 Å². The molecule has 0 bridgehead atoms. The van der Waals surface area contributed by atoms with Crippen molar-refractivity contribution in [1.29, 1.82) is 0 Å². The normalized spacial score (nSPS) is 17.8. The van der Waals surface area contributed by atoms with Gasteiger partial charge in [-0.15, -0.1) is 0 Å². The fourth-order valence-corrected chi connectivity index (χ4v) is 2.84. The summed E-state index contributed by atoms with van der Waals surface area (Å²) in [6, 6.07) is 8.65. The molecule has 22 heavy (non-hydrogen) atoms. The number of aliphatic hydroxyl groups excluding tert-OH is 1. The Morgan fingerprint density at radius 1 is 1.32 bits per heavy atom. The maximum absolute atomic E-state index is 10.0. The number of morpholine rings is 1. The minimum atomic E-state index is -0.241. The number of hydrogen-bond acceptors (Lipinski definition) is 4. The summed E-state index contributed by atoms with van der Waals surface area (Å²) < 4.78 is 5.40. The second-order valence-corrected chi connectivity index (χ2v) is 6.24. The molecule has 1 atom stereocenters. The van der Waals surface area contributed by atoms with E-state index in [1.807, 2.05) is 6.92 Å². The Morgan fingerprint density at radius 3 is 2.77 bits per heavy atom. The summed E-state index contributed by atoms with van der Waals surface area (Å²) in [6.07, 6.45) is 0.566. The second kappa shape index (κ2) is 9.26. The Kier molecular flexibility index (Phi) is 7.33. The molecule has 4 nitrogen and oxygen atoms in total. The van der Waals surface area contributed by atoms with E-state index in [2.05, 4.69) is 41.0 Å². The van der Waals surface area contributed by atoms with Gasteiger partial charge in [-0.05, 0) is 18.9 Å². The maximum atomic E-state index is 10.0. The molecule has 0 saturated carbocycles. The highest BCUT2D eigenvalue weighted by atomic mass is 16.5. The van der Waals surface area contributed by atoms with Crippen molar-refractivity contribution in [3.8, 4) is 0 Å². The predicted molar refractivity (Wildman–Crippen MR) is 90.0 cm³/mol.